The number of hydrogen-bond donors (Lipinski definition) is 1. The SMILES string of the molecule is CC(=O)O.O=c1nc2ccccc2co1. The molecule has 0 aliphatic rings. The van der Waals surface area contributed by atoms with Gasteiger partial charge < -0.3 is 9.52 Å². The van der Waals surface area contributed by atoms with Crippen molar-refractivity contribution in [3.63, 3.8) is 0 Å². The third-order valence-electron chi connectivity index (χ3n) is 1.44. The zero-order valence-corrected chi connectivity index (χ0v) is 8.01. The summed E-state index contributed by atoms with van der Waals surface area (Å²) >= 11 is 0. The van der Waals surface area contributed by atoms with E-state index < -0.39 is 11.7 Å². The van der Waals surface area contributed by atoms with Crippen LogP contribution < -0.4 is 5.76 Å². The summed E-state index contributed by atoms with van der Waals surface area (Å²) in [7, 11) is 0. The van der Waals surface area contributed by atoms with E-state index in [0.717, 1.165) is 12.3 Å². The molecule has 1 aromatic heterocycles. The zero-order valence-electron chi connectivity index (χ0n) is 8.01. The summed E-state index contributed by atoms with van der Waals surface area (Å²) < 4.78 is 4.57. The van der Waals surface area contributed by atoms with E-state index in [1.54, 1.807) is 6.07 Å². The molecule has 1 N–H and O–H groups in total. The van der Waals surface area contributed by atoms with Crippen molar-refractivity contribution in [1.82, 2.24) is 4.98 Å². The van der Waals surface area contributed by atoms with Crippen molar-refractivity contribution in [2.45, 2.75) is 6.92 Å². The minimum atomic E-state index is -0.833. The maximum atomic E-state index is 10.6. The lowest BCUT2D eigenvalue weighted by Gasteiger charge is -1.90. The maximum Gasteiger partial charge on any atom is 0.439 e. The number of nitrogens with zero attached hydrogens (tertiary/aromatic N) is 1. The highest BCUT2D eigenvalue weighted by Gasteiger charge is 1.93. The first-order valence-corrected chi connectivity index (χ1v) is 4.13. The molecule has 0 saturated carbocycles. The monoisotopic (exact) mass is 207 g/mol. The molecule has 2 rings (SSSR count). The van der Waals surface area contributed by atoms with Crippen LogP contribution in [0, 0.1) is 0 Å². The van der Waals surface area contributed by atoms with Crippen LogP contribution in [0.3, 0.4) is 0 Å². The van der Waals surface area contributed by atoms with Gasteiger partial charge in [0, 0.05) is 12.3 Å². The zero-order chi connectivity index (χ0) is 11.3. The Balaban J connectivity index is 0.000000245. The largest absolute Gasteiger partial charge is 0.481 e. The number of rotatable bonds is 0. The molecule has 0 amide bonds. The van der Waals surface area contributed by atoms with Crippen molar-refractivity contribution < 1.29 is 14.3 Å². The highest BCUT2D eigenvalue weighted by Crippen LogP contribution is 2.06. The summed E-state index contributed by atoms with van der Waals surface area (Å²) in [6.45, 7) is 1.08. The highest BCUT2D eigenvalue weighted by molar-refractivity contribution is 5.76. The molecule has 1 aromatic carbocycles. The number of carboxylic acids is 1. The Bertz CT molecular complexity index is 514. The van der Waals surface area contributed by atoms with Gasteiger partial charge in [0.1, 0.15) is 6.26 Å². The number of aliphatic carboxylic acids is 1. The van der Waals surface area contributed by atoms with Gasteiger partial charge in [0.15, 0.2) is 0 Å². The van der Waals surface area contributed by atoms with Crippen LogP contribution in [0.25, 0.3) is 10.9 Å². The second-order valence-corrected chi connectivity index (χ2v) is 2.69. The summed E-state index contributed by atoms with van der Waals surface area (Å²) in [5, 5.41) is 8.26. The van der Waals surface area contributed by atoms with E-state index in [4.69, 9.17) is 9.90 Å². The molecule has 5 nitrogen and oxygen atoms in total. The Morgan fingerprint density at radius 3 is 2.67 bits per heavy atom. The van der Waals surface area contributed by atoms with Crippen molar-refractivity contribution in [2.24, 2.45) is 0 Å². The third-order valence-corrected chi connectivity index (χ3v) is 1.44. The van der Waals surface area contributed by atoms with Crippen molar-refractivity contribution >= 4 is 16.9 Å². The Morgan fingerprint density at radius 1 is 1.40 bits per heavy atom. The summed E-state index contributed by atoms with van der Waals surface area (Å²) in [5.74, 6) is -1.39. The number of carbonyl (C=O) groups is 1. The topological polar surface area (TPSA) is 80.4 Å². The molecule has 2 aromatic rings. The van der Waals surface area contributed by atoms with Gasteiger partial charge in [-0.3, -0.25) is 4.79 Å². The van der Waals surface area contributed by atoms with Gasteiger partial charge in [-0.2, -0.15) is 4.98 Å². The average Bonchev–Trinajstić information content (AvgIpc) is 2.16. The summed E-state index contributed by atoms with van der Waals surface area (Å²) in [6, 6.07) is 7.30. The van der Waals surface area contributed by atoms with Crippen LogP contribution in [0.2, 0.25) is 0 Å². The van der Waals surface area contributed by atoms with Crippen LogP contribution in [0.4, 0.5) is 0 Å². The smallest absolute Gasteiger partial charge is 0.439 e. The van der Waals surface area contributed by atoms with Gasteiger partial charge in [0.2, 0.25) is 0 Å². The van der Waals surface area contributed by atoms with Crippen molar-refractivity contribution in [1.29, 1.82) is 0 Å². The molecule has 0 atom stereocenters. The lowest BCUT2D eigenvalue weighted by atomic mass is 10.2. The fourth-order valence-corrected chi connectivity index (χ4v) is 0.928. The predicted octanol–water partition coefficient (Wildman–Crippen LogP) is 1.28. The molecule has 15 heavy (non-hydrogen) atoms. The van der Waals surface area contributed by atoms with Crippen LogP contribution in [0.1, 0.15) is 6.92 Å². The van der Waals surface area contributed by atoms with Crippen LogP contribution in [0.15, 0.2) is 39.7 Å². The van der Waals surface area contributed by atoms with Crippen molar-refractivity contribution in [2.75, 3.05) is 0 Å². The lowest BCUT2D eigenvalue weighted by Crippen LogP contribution is -2.01. The van der Waals surface area contributed by atoms with Gasteiger partial charge in [0.05, 0.1) is 5.52 Å². The highest BCUT2D eigenvalue weighted by atomic mass is 16.4. The second kappa shape index (κ2) is 4.90. The first-order valence-electron chi connectivity index (χ1n) is 4.13. The third kappa shape index (κ3) is 3.60. The molecule has 0 radical (unpaired) electrons. The predicted molar refractivity (Wildman–Crippen MR) is 53.6 cm³/mol. The van der Waals surface area contributed by atoms with Crippen LogP contribution in [-0.2, 0) is 4.79 Å². The van der Waals surface area contributed by atoms with Crippen molar-refractivity contribution in [3.05, 3.63) is 41.1 Å². The Hall–Kier alpha value is -2.17. The average molecular weight is 207 g/mol. The molecule has 0 spiro atoms. The van der Waals surface area contributed by atoms with Crippen LogP contribution in [-0.4, -0.2) is 16.1 Å². The molecular formula is C10H9NO4. The molecular weight excluding hydrogens is 198 g/mol. The second-order valence-electron chi connectivity index (χ2n) is 2.69. The van der Waals surface area contributed by atoms with E-state index in [0.29, 0.717) is 5.52 Å². The maximum absolute atomic E-state index is 10.6. The molecule has 0 fully saturated rings. The molecule has 1 heterocycles. The van der Waals surface area contributed by atoms with E-state index in [9.17, 15) is 4.79 Å². The van der Waals surface area contributed by atoms with Gasteiger partial charge in [0.25, 0.3) is 5.97 Å². The summed E-state index contributed by atoms with van der Waals surface area (Å²) in [5.41, 5.74) is 0.670. The van der Waals surface area contributed by atoms with E-state index in [-0.39, 0.29) is 0 Å². The fraction of sp³-hybridized carbons (Fsp3) is 0.100. The minimum absolute atomic E-state index is 0.552. The van der Waals surface area contributed by atoms with Crippen molar-refractivity contribution in [3.8, 4) is 0 Å². The van der Waals surface area contributed by atoms with Gasteiger partial charge >= 0.3 is 5.76 Å². The van der Waals surface area contributed by atoms with Gasteiger partial charge in [-0.25, -0.2) is 4.79 Å². The van der Waals surface area contributed by atoms with Gasteiger partial charge in [-0.1, -0.05) is 12.1 Å². The Kier molecular flexibility index (Phi) is 3.56. The normalized spacial score (nSPS) is 9.13. The number of benzene rings is 1. The number of aromatic nitrogens is 1. The number of carboxylic acid groups (broad SMARTS) is 1. The minimum Gasteiger partial charge on any atom is -0.481 e. The number of hydrogen-bond acceptors (Lipinski definition) is 4. The molecule has 78 valence electrons. The molecule has 0 aliphatic carbocycles. The number of fused-ring (bicyclic) bond motifs is 1. The standard InChI is InChI=1S/C8H5NO2.C2H4O2/c10-8-9-7-4-2-1-3-6(7)5-11-8;1-2(3)4/h1-5H;1H3,(H,3,4). The summed E-state index contributed by atoms with van der Waals surface area (Å²) in [4.78, 5) is 23.3. The molecule has 0 saturated heterocycles. The van der Waals surface area contributed by atoms with Gasteiger partial charge in [-0.15, -0.1) is 0 Å². The van der Waals surface area contributed by atoms with Gasteiger partial charge in [-0.05, 0) is 12.1 Å². The van der Waals surface area contributed by atoms with E-state index in [2.05, 4.69) is 9.40 Å². The van der Waals surface area contributed by atoms with E-state index >= 15 is 0 Å². The summed E-state index contributed by atoms with van der Waals surface area (Å²) in [6.07, 6.45) is 1.41. The molecule has 0 bridgehead atoms. The first-order chi connectivity index (χ1) is 7.09. The first kappa shape index (κ1) is 10.9. The Morgan fingerprint density at radius 2 is 2.00 bits per heavy atom. The van der Waals surface area contributed by atoms with Crippen LogP contribution in [0.5, 0.6) is 0 Å². The van der Waals surface area contributed by atoms with Crippen LogP contribution >= 0.6 is 0 Å². The van der Waals surface area contributed by atoms with E-state index in [1.807, 2.05) is 18.2 Å². The number of para-hydroxylation sites is 1. The quantitative estimate of drug-likeness (QED) is 0.703. The lowest BCUT2D eigenvalue weighted by molar-refractivity contribution is -0.134. The molecule has 5 heteroatoms. The molecule has 0 aliphatic heterocycles. The Labute approximate surface area is 85.0 Å². The fourth-order valence-electron chi connectivity index (χ4n) is 0.928. The van der Waals surface area contributed by atoms with E-state index in [1.165, 1.54) is 6.26 Å². The molecule has 0 unspecified atom stereocenters.